The van der Waals surface area contributed by atoms with E-state index in [0.29, 0.717) is 0 Å². The van der Waals surface area contributed by atoms with Gasteiger partial charge in [-0.25, -0.2) is 0 Å². The Morgan fingerprint density at radius 3 is 2.56 bits per heavy atom. The number of nitrogens with one attached hydrogen (secondary N) is 1. The first-order chi connectivity index (χ1) is 8.74. The van der Waals surface area contributed by atoms with Gasteiger partial charge in [-0.3, -0.25) is 4.68 Å². The molecule has 1 aromatic rings. The number of hydrogen-bond donors (Lipinski definition) is 1. The van der Waals surface area contributed by atoms with E-state index in [1.165, 1.54) is 41.5 Å². The molecular formula is C14H26BrN3. The molecule has 3 nitrogen and oxygen atoms in total. The lowest BCUT2D eigenvalue weighted by atomic mass is 10.2. The molecule has 104 valence electrons. The summed E-state index contributed by atoms with van der Waals surface area (Å²) in [5.41, 5.74) is 2.45. The molecule has 0 unspecified atom stereocenters. The number of hydrogen-bond acceptors (Lipinski definition) is 2. The van der Waals surface area contributed by atoms with Crippen molar-refractivity contribution in [2.24, 2.45) is 0 Å². The summed E-state index contributed by atoms with van der Waals surface area (Å²) in [6.07, 6.45) is 6.23. The van der Waals surface area contributed by atoms with E-state index >= 15 is 0 Å². The average molecular weight is 316 g/mol. The van der Waals surface area contributed by atoms with Gasteiger partial charge in [-0.1, -0.05) is 33.1 Å². The van der Waals surface area contributed by atoms with E-state index in [4.69, 9.17) is 0 Å². The number of aryl methyl sites for hydroxylation is 2. The van der Waals surface area contributed by atoms with E-state index in [1.54, 1.807) is 0 Å². The first-order valence-electron chi connectivity index (χ1n) is 7.19. The Kier molecular flexibility index (Phi) is 7.59. The van der Waals surface area contributed by atoms with Crippen LogP contribution in [-0.2, 0) is 19.5 Å². The van der Waals surface area contributed by atoms with Crippen LogP contribution >= 0.6 is 15.9 Å². The topological polar surface area (TPSA) is 29.9 Å². The smallest absolute Gasteiger partial charge is 0.0767 e. The average Bonchev–Trinajstić information content (AvgIpc) is 2.70. The third-order valence-electron chi connectivity index (χ3n) is 3.19. The summed E-state index contributed by atoms with van der Waals surface area (Å²) >= 11 is 3.67. The molecule has 0 spiro atoms. The highest BCUT2D eigenvalue weighted by Gasteiger charge is 2.12. The zero-order valence-corrected chi connectivity index (χ0v) is 13.5. The van der Waals surface area contributed by atoms with Crippen LogP contribution in [0.25, 0.3) is 0 Å². The predicted octanol–water partition coefficient (Wildman–Crippen LogP) is 3.90. The van der Waals surface area contributed by atoms with Crippen LogP contribution in [0, 0.1) is 0 Å². The molecule has 0 saturated heterocycles. The Balaban J connectivity index is 2.43. The van der Waals surface area contributed by atoms with Crippen LogP contribution in [0.15, 0.2) is 4.47 Å². The van der Waals surface area contributed by atoms with Crippen molar-refractivity contribution in [3.8, 4) is 0 Å². The zero-order valence-electron chi connectivity index (χ0n) is 11.9. The fourth-order valence-electron chi connectivity index (χ4n) is 2.07. The largest absolute Gasteiger partial charge is 0.311 e. The maximum Gasteiger partial charge on any atom is 0.0767 e. The molecule has 1 aromatic heterocycles. The van der Waals surface area contributed by atoms with Gasteiger partial charge in [-0.2, -0.15) is 5.10 Å². The van der Waals surface area contributed by atoms with E-state index in [-0.39, 0.29) is 0 Å². The molecule has 1 N–H and O–H groups in total. The molecule has 0 atom stereocenters. The standard InChI is InChI=1S/C14H26BrN3/c1-4-7-8-9-10-16-11-13-14(15)12(5-2)17-18(13)6-3/h16H,4-11H2,1-3H3. The van der Waals surface area contributed by atoms with Crippen molar-refractivity contribution in [1.82, 2.24) is 15.1 Å². The van der Waals surface area contributed by atoms with Crippen molar-refractivity contribution in [3.63, 3.8) is 0 Å². The number of rotatable bonds is 9. The fourth-order valence-corrected chi connectivity index (χ4v) is 2.77. The maximum absolute atomic E-state index is 4.60. The van der Waals surface area contributed by atoms with Gasteiger partial charge in [-0.05, 0) is 42.2 Å². The van der Waals surface area contributed by atoms with Crippen LogP contribution in [0.2, 0.25) is 0 Å². The van der Waals surface area contributed by atoms with Gasteiger partial charge in [0.05, 0.1) is 15.9 Å². The normalized spacial score (nSPS) is 11.1. The highest BCUT2D eigenvalue weighted by molar-refractivity contribution is 9.10. The molecule has 1 rings (SSSR count). The second-order valence-electron chi connectivity index (χ2n) is 4.61. The molecule has 1 heterocycles. The Morgan fingerprint density at radius 1 is 1.17 bits per heavy atom. The third kappa shape index (κ3) is 4.39. The van der Waals surface area contributed by atoms with Crippen LogP contribution in [0.5, 0.6) is 0 Å². The SMILES string of the molecule is CCCCCCNCc1c(Br)c(CC)nn1CC. The summed E-state index contributed by atoms with van der Waals surface area (Å²) in [6, 6.07) is 0. The van der Waals surface area contributed by atoms with Gasteiger partial charge in [0.2, 0.25) is 0 Å². The molecule has 0 fully saturated rings. The molecular weight excluding hydrogens is 290 g/mol. The summed E-state index contributed by atoms with van der Waals surface area (Å²) in [7, 11) is 0. The predicted molar refractivity (Wildman–Crippen MR) is 80.8 cm³/mol. The molecule has 4 heteroatoms. The second kappa shape index (κ2) is 8.70. The fraction of sp³-hybridized carbons (Fsp3) is 0.786. The molecule has 0 radical (unpaired) electrons. The molecule has 0 aromatic carbocycles. The molecule has 0 aliphatic rings. The van der Waals surface area contributed by atoms with Crippen LogP contribution in [0.3, 0.4) is 0 Å². The Hall–Kier alpha value is -0.350. The molecule has 0 bridgehead atoms. The van der Waals surface area contributed by atoms with E-state index in [9.17, 15) is 0 Å². The van der Waals surface area contributed by atoms with Crippen molar-refractivity contribution in [2.75, 3.05) is 6.54 Å². The van der Waals surface area contributed by atoms with Crippen molar-refractivity contribution >= 4 is 15.9 Å². The lowest BCUT2D eigenvalue weighted by Gasteiger charge is -2.07. The highest BCUT2D eigenvalue weighted by Crippen LogP contribution is 2.22. The summed E-state index contributed by atoms with van der Waals surface area (Å²) < 4.78 is 3.29. The van der Waals surface area contributed by atoms with Crippen molar-refractivity contribution < 1.29 is 0 Å². The Labute approximate surface area is 119 Å². The number of aromatic nitrogens is 2. The molecule has 0 saturated carbocycles. The van der Waals surface area contributed by atoms with Crippen molar-refractivity contribution in [2.45, 2.75) is 66.0 Å². The van der Waals surface area contributed by atoms with Crippen molar-refractivity contribution in [3.05, 3.63) is 15.9 Å². The minimum absolute atomic E-state index is 0.910. The number of nitrogens with zero attached hydrogens (tertiary/aromatic N) is 2. The van der Waals surface area contributed by atoms with Crippen molar-refractivity contribution in [1.29, 1.82) is 0 Å². The van der Waals surface area contributed by atoms with Crippen LogP contribution < -0.4 is 5.32 Å². The molecule has 18 heavy (non-hydrogen) atoms. The van der Waals surface area contributed by atoms with Gasteiger partial charge in [-0.15, -0.1) is 0 Å². The lowest BCUT2D eigenvalue weighted by molar-refractivity contribution is 0.555. The van der Waals surface area contributed by atoms with E-state index in [1.807, 2.05) is 0 Å². The van der Waals surface area contributed by atoms with Gasteiger partial charge < -0.3 is 5.32 Å². The lowest BCUT2D eigenvalue weighted by Crippen LogP contribution is -2.18. The Bertz CT molecular complexity index is 347. The van der Waals surface area contributed by atoms with Gasteiger partial charge in [0.15, 0.2) is 0 Å². The van der Waals surface area contributed by atoms with E-state index in [2.05, 4.69) is 51.8 Å². The van der Waals surface area contributed by atoms with Crippen LogP contribution in [0.1, 0.15) is 57.8 Å². The summed E-state index contributed by atoms with van der Waals surface area (Å²) in [5, 5.41) is 8.13. The quantitative estimate of drug-likeness (QED) is 0.700. The minimum Gasteiger partial charge on any atom is -0.311 e. The zero-order chi connectivity index (χ0) is 13.4. The van der Waals surface area contributed by atoms with Gasteiger partial charge in [0, 0.05) is 13.1 Å². The number of halogens is 1. The summed E-state index contributed by atoms with van der Waals surface area (Å²) in [5.74, 6) is 0. The van der Waals surface area contributed by atoms with Gasteiger partial charge in [0.1, 0.15) is 0 Å². The molecule has 0 amide bonds. The first kappa shape index (κ1) is 15.7. The van der Waals surface area contributed by atoms with Gasteiger partial charge >= 0.3 is 0 Å². The van der Waals surface area contributed by atoms with E-state index < -0.39 is 0 Å². The van der Waals surface area contributed by atoms with Gasteiger partial charge in [0.25, 0.3) is 0 Å². The summed E-state index contributed by atoms with van der Waals surface area (Å²) in [4.78, 5) is 0. The monoisotopic (exact) mass is 315 g/mol. The maximum atomic E-state index is 4.60. The number of unbranched alkanes of at least 4 members (excludes halogenated alkanes) is 3. The van der Waals surface area contributed by atoms with Crippen LogP contribution in [0.4, 0.5) is 0 Å². The summed E-state index contributed by atoms with van der Waals surface area (Å²) in [6.45, 7) is 9.48. The van der Waals surface area contributed by atoms with E-state index in [0.717, 1.165) is 26.1 Å². The van der Waals surface area contributed by atoms with Crippen LogP contribution in [-0.4, -0.2) is 16.3 Å². The third-order valence-corrected chi connectivity index (χ3v) is 4.11. The highest BCUT2D eigenvalue weighted by atomic mass is 79.9. The first-order valence-corrected chi connectivity index (χ1v) is 7.98. The molecule has 0 aliphatic heterocycles. The minimum atomic E-state index is 0.910. The second-order valence-corrected chi connectivity index (χ2v) is 5.41. The molecule has 0 aliphatic carbocycles. The Morgan fingerprint density at radius 2 is 1.94 bits per heavy atom.